The Hall–Kier alpha value is -2.45. The first-order valence-corrected chi connectivity index (χ1v) is 5.14. The van der Waals surface area contributed by atoms with Crippen molar-refractivity contribution in [3.05, 3.63) is 17.6 Å². The molecule has 0 saturated carbocycles. The van der Waals surface area contributed by atoms with E-state index in [4.69, 9.17) is 9.05 Å². The van der Waals surface area contributed by atoms with Crippen molar-refractivity contribution in [1.82, 2.24) is 25.6 Å². The maximum absolute atomic E-state index is 11.6. The van der Waals surface area contributed by atoms with Gasteiger partial charge >= 0.3 is 0 Å². The van der Waals surface area contributed by atoms with Crippen LogP contribution in [0.15, 0.2) is 9.05 Å². The van der Waals surface area contributed by atoms with Gasteiger partial charge in [-0.2, -0.15) is 9.97 Å². The zero-order chi connectivity index (χ0) is 13.1. The first-order chi connectivity index (χ1) is 8.56. The molecule has 0 saturated heterocycles. The smallest absolute Gasteiger partial charge is 0.293 e. The number of aryl methyl sites for hydroxylation is 1. The van der Waals surface area contributed by atoms with E-state index in [1.54, 1.807) is 25.9 Å². The highest BCUT2D eigenvalue weighted by atomic mass is 16.5. The van der Waals surface area contributed by atoms with Crippen molar-refractivity contribution < 1.29 is 13.8 Å². The lowest BCUT2D eigenvalue weighted by Gasteiger charge is -2.02. The van der Waals surface area contributed by atoms with Crippen LogP contribution in [0.3, 0.4) is 0 Å². The van der Waals surface area contributed by atoms with Crippen LogP contribution in [0.1, 0.15) is 22.4 Å². The summed E-state index contributed by atoms with van der Waals surface area (Å²) in [7, 11) is 3.57. The molecular weight excluding hydrogens is 240 g/mol. The average molecular weight is 252 g/mol. The molecule has 9 nitrogen and oxygen atoms in total. The van der Waals surface area contributed by atoms with Crippen LogP contribution in [0.2, 0.25) is 0 Å². The largest absolute Gasteiger partial charge is 0.344 e. The minimum absolute atomic E-state index is 0.0279. The summed E-state index contributed by atoms with van der Waals surface area (Å²) < 4.78 is 9.63. The second kappa shape index (κ2) is 4.82. The molecule has 0 aliphatic rings. The van der Waals surface area contributed by atoms with Crippen LogP contribution in [0, 0.1) is 6.92 Å². The number of hydrogen-bond donors (Lipinski definition) is 1. The molecule has 18 heavy (non-hydrogen) atoms. The number of anilines is 1. The minimum Gasteiger partial charge on any atom is -0.344 e. The Morgan fingerprint density at radius 1 is 1.28 bits per heavy atom. The van der Waals surface area contributed by atoms with Crippen molar-refractivity contribution in [2.45, 2.75) is 13.5 Å². The quantitative estimate of drug-likeness (QED) is 0.793. The minimum atomic E-state index is -0.462. The van der Waals surface area contributed by atoms with Crippen molar-refractivity contribution in [3.8, 4) is 0 Å². The average Bonchev–Trinajstić information content (AvgIpc) is 2.94. The first-order valence-electron chi connectivity index (χ1n) is 5.14. The maximum atomic E-state index is 11.6. The summed E-state index contributed by atoms with van der Waals surface area (Å²) in [4.78, 5) is 21.1. The second-order valence-corrected chi connectivity index (χ2v) is 3.70. The van der Waals surface area contributed by atoms with E-state index in [9.17, 15) is 4.79 Å². The highest BCUT2D eigenvalue weighted by Gasteiger charge is 2.14. The van der Waals surface area contributed by atoms with Crippen molar-refractivity contribution in [3.63, 3.8) is 0 Å². The molecule has 1 amide bonds. The molecule has 0 unspecified atom stereocenters. The molecular formula is C9H12N6O3. The zero-order valence-electron chi connectivity index (χ0n) is 10.2. The molecule has 2 heterocycles. The van der Waals surface area contributed by atoms with Gasteiger partial charge < -0.3 is 19.3 Å². The number of rotatable bonds is 4. The van der Waals surface area contributed by atoms with E-state index in [0.29, 0.717) is 17.7 Å². The summed E-state index contributed by atoms with van der Waals surface area (Å²) in [6.07, 6.45) is 0. The summed E-state index contributed by atoms with van der Waals surface area (Å²) in [5.74, 6) is 0.575. The summed E-state index contributed by atoms with van der Waals surface area (Å²) >= 11 is 0. The second-order valence-electron chi connectivity index (χ2n) is 3.70. The van der Waals surface area contributed by atoms with Gasteiger partial charge in [0.25, 0.3) is 17.7 Å². The third-order valence-electron chi connectivity index (χ3n) is 1.99. The topological polar surface area (TPSA) is 110 Å². The molecule has 0 atom stereocenters. The van der Waals surface area contributed by atoms with Gasteiger partial charge in [0.15, 0.2) is 0 Å². The van der Waals surface area contributed by atoms with E-state index in [2.05, 4.69) is 25.6 Å². The van der Waals surface area contributed by atoms with E-state index in [0.717, 1.165) is 0 Å². The Morgan fingerprint density at radius 2 is 2.06 bits per heavy atom. The van der Waals surface area contributed by atoms with Crippen LogP contribution in [-0.2, 0) is 6.54 Å². The van der Waals surface area contributed by atoms with Crippen LogP contribution < -0.4 is 10.2 Å². The van der Waals surface area contributed by atoms with Gasteiger partial charge in [-0.3, -0.25) is 4.79 Å². The van der Waals surface area contributed by atoms with E-state index in [-0.39, 0.29) is 12.4 Å². The van der Waals surface area contributed by atoms with Crippen molar-refractivity contribution in [2.24, 2.45) is 0 Å². The highest BCUT2D eigenvalue weighted by Crippen LogP contribution is 2.05. The van der Waals surface area contributed by atoms with E-state index < -0.39 is 5.91 Å². The van der Waals surface area contributed by atoms with Gasteiger partial charge in [0.05, 0.1) is 6.54 Å². The Kier molecular flexibility index (Phi) is 3.22. The molecule has 1 N–H and O–H groups in total. The monoisotopic (exact) mass is 252 g/mol. The number of nitrogens with zero attached hydrogens (tertiary/aromatic N) is 5. The lowest BCUT2D eigenvalue weighted by molar-refractivity contribution is 0.0933. The third-order valence-corrected chi connectivity index (χ3v) is 1.99. The Balaban J connectivity index is 1.93. The summed E-state index contributed by atoms with van der Waals surface area (Å²) in [5.41, 5.74) is 0. The Morgan fingerprint density at radius 3 is 2.61 bits per heavy atom. The van der Waals surface area contributed by atoms with Gasteiger partial charge in [-0.15, -0.1) is 0 Å². The zero-order valence-corrected chi connectivity index (χ0v) is 10.2. The number of amides is 1. The molecule has 0 aliphatic heterocycles. The highest BCUT2D eigenvalue weighted by molar-refractivity contribution is 5.90. The number of carbonyl (C=O) groups is 1. The van der Waals surface area contributed by atoms with Crippen LogP contribution in [0.4, 0.5) is 5.95 Å². The van der Waals surface area contributed by atoms with Gasteiger partial charge in [-0.1, -0.05) is 5.16 Å². The molecule has 0 aromatic carbocycles. The molecule has 0 aliphatic carbocycles. The summed E-state index contributed by atoms with van der Waals surface area (Å²) in [6, 6.07) is 0. The van der Waals surface area contributed by atoms with Gasteiger partial charge in [0.1, 0.15) is 0 Å². The van der Waals surface area contributed by atoms with Crippen LogP contribution >= 0.6 is 0 Å². The SMILES string of the molecule is Cc1nc(C(=O)NCc2nc(N(C)C)no2)no1. The fourth-order valence-electron chi connectivity index (χ4n) is 1.13. The maximum Gasteiger partial charge on any atom is 0.293 e. The lowest BCUT2D eigenvalue weighted by atomic mass is 10.5. The van der Waals surface area contributed by atoms with E-state index >= 15 is 0 Å². The summed E-state index contributed by atoms with van der Waals surface area (Å²) in [5, 5.41) is 9.74. The fourth-order valence-corrected chi connectivity index (χ4v) is 1.13. The van der Waals surface area contributed by atoms with Crippen LogP contribution in [0.5, 0.6) is 0 Å². The predicted molar refractivity (Wildman–Crippen MR) is 58.8 cm³/mol. The number of hydrogen-bond acceptors (Lipinski definition) is 8. The fraction of sp³-hybridized carbons (Fsp3) is 0.444. The Bertz CT molecular complexity index is 546. The molecule has 0 fully saturated rings. The molecule has 0 radical (unpaired) electrons. The summed E-state index contributed by atoms with van der Waals surface area (Å²) in [6.45, 7) is 1.71. The number of aromatic nitrogens is 4. The van der Waals surface area contributed by atoms with Gasteiger partial charge in [-0.25, -0.2) is 0 Å². The number of carbonyl (C=O) groups excluding carboxylic acids is 1. The lowest BCUT2D eigenvalue weighted by Crippen LogP contribution is -2.24. The number of nitrogens with one attached hydrogen (secondary N) is 1. The normalized spacial score (nSPS) is 10.4. The molecule has 0 spiro atoms. The van der Waals surface area contributed by atoms with Crippen LogP contribution in [0.25, 0.3) is 0 Å². The van der Waals surface area contributed by atoms with E-state index in [1.165, 1.54) is 0 Å². The Labute approximate surface area is 102 Å². The molecule has 0 bridgehead atoms. The van der Waals surface area contributed by atoms with Crippen LogP contribution in [-0.4, -0.2) is 40.3 Å². The standard InChI is InChI=1S/C9H12N6O3/c1-5-11-7(13-17-5)8(16)10-4-6-12-9(14-18-6)15(2)3/h4H2,1-3H3,(H,10,16). The first kappa shape index (κ1) is 12.0. The molecule has 2 aromatic heterocycles. The van der Waals surface area contributed by atoms with Crippen molar-refractivity contribution in [1.29, 1.82) is 0 Å². The van der Waals surface area contributed by atoms with Gasteiger partial charge in [0, 0.05) is 21.0 Å². The molecule has 2 rings (SSSR count). The van der Waals surface area contributed by atoms with E-state index in [1.807, 2.05) is 0 Å². The molecule has 2 aromatic rings. The van der Waals surface area contributed by atoms with Crippen molar-refractivity contribution in [2.75, 3.05) is 19.0 Å². The molecule has 9 heteroatoms. The van der Waals surface area contributed by atoms with Gasteiger partial charge in [0.2, 0.25) is 11.8 Å². The van der Waals surface area contributed by atoms with Crippen molar-refractivity contribution >= 4 is 11.9 Å². The van der Waals surface area contributed by atoms with Gasteiger partial charge in [-0.05, 0) is 5.16 Å². The third kappa shape index (κ3) is 2.62. The predicted octanol–water partition coefficient (Wildman–Crippen LogP) is -0.243. The molecule has 96 valence electrons.